The van der Waals surface area contributed by atoms with Gasteiger partial charge in [-0.1, -0.05) is 16.8 Å². The van der Waals surface area contributed by atoms with E-state index in [1.54, 1.807) is 0 Å². The molecule has 0 saturated heterocycles. The molecule has 30 heavy (non-hydrogen) atoms. The number of hydrogen-bond acceptors (Lipinski definition) is 8. The van der Waals surface area contributed by atoms with E-state index < -0.39 is 5.82 Å². The van der Waals surface area contributed by atoms with Crippen LogP contribution in [0.3, 0.4) is 0 Å². The predicted octanol–water partition coefficient (Wildman–Crippen LogP) is 2.76. The summed E-state index contributed by atoms with van der Waals surface area (Å²) in [4.78, 5) is 5.34. The van der Waals surface area contributed by atoms with E-state index in [2.05, 4.69) is 30.7 Å². The average molecular weight is 433 g/mol. The van der Waals surface area contributed by atoms with Crippen molar-refractivity contribution in [3.63, 3.8) is 0 Å². The predicted molar refractivity (Wildman–Crippen MR) is 99.1 cm³/mol. The first kappa shape index (κ1) is 19.5. The van der Waals surface area contributed by atoms with Gasteiger partial charge in [0.25, 0.3) is 0 Å². The summed E-state index contributed by atoms with van der Waals surface area (Å²) in [5.41, 5.74) is 3.03. The quantitative estimate of drug-likeness (QED) is 0.280. The maximum atomic E-state index is 13.3. The van der Waals surface area contributed by atoms with Gasteiger partial charge in [-0.2, -0.15) is 4.80 Å². The molecule has 152 valence electrons. The average Bonchev–Trinajstić information content (AvgIpc) is 3.39. The Hall–Kier alpha value is -3.77. The number of nitrogens with zero attached hydrogens (tertiary/aromatic N) is 7. The maximum Gasteiger partial charge on any atom is 0.204 e. The molecule has 0 aliphatic carbocycles. The van der Waals surface area contributed by atoms with Crippen molar-refractivity contribution >= 4 is 23.1 Å². The van der Waals surface area contributed by atoms with Gasteiger partial charge in [-0.3, -0.25) is 10.7 Å². The molecule has 0 bridgehead atoms. The van der Waals surface area contributed by atoms with Crippen molar-refractivity contribution in [2.24, 2.45) is 4.99 Å². The molecular formula is C17H11ClF2N8O2. The molecule has 0 spiro atoms. The molecule has 2 N–H and O–H groups in total. The summed E-state index contributed by atoms with van der Waals surface area (Å²) < 4.78 is 31.1. The summed E-state index contributed by atoms with van der Waals surface area (Å²) in [7, 11) is 0. The van der Waals surface area contributed by atoms with Gasteiger partial charge in [-0.15, -0.1) is 10.2 Å². The standard InChI is InChI=1S/C17H11ClF2N8O2/c18-12-7-11(5-6-13(12)20)21-17(24-29)15-14(25-30-26-15)8-28-23-16(22-27-28)9-1-3-10(19)4-2-9/h1-7,29H,8H2,(H,21,24). The molecule has 0 amide bonds. The Labute approximate surface area is 171 Å². The van der Waals surface area contributed by atoms with Crippen molar-refractivity contribution in [3.8, 4) is 11.4 Å². The molecule has 10 nitrogen and oxygen atoms in total. The van der Waals surface area contributed by atoms with Crippen LogP contribution in [-0.2, 0) is 6.54 Å². The van der Waals surface area contributed by atoms with Crippen LogP contribution in [0.4, 0.5) is 14.5 Å². The monoisotopic (exact) mass is 432 g/mol. The summed E-state index contributed by atoms with van der Waals surface area (Å²) in [6, 6.07) is 9.38. The van der Waals surface area contributed by atoms with E-state index in [1.165, 1.54) is 41.2 Å². The number of hydrogen-bond donors (Lipinski definition) is 2. The lowest BCUT2D eigenvalue weighted by Gasteiger charge is -2.03. The lowest BCUT2D eigenvalue weighted by atomic mass is 10.2. The number of aliphatic imine (C=N–C) groups is 1. The van der Waals surface area contributed by atoms with Crippen molar-refractivity contribution in [2.45, 2.75) is 6.54 Å². The number of tetrazole rings is 1. The molecule has 4 aromatic rings. The number of aromatic nitrogens is 6. The maximum absolute atomic E-state index is 13.3. The van der Waals surface area contributed by atoms with Crippen molar-refractivity contribution in [1.82, 2.24) is 36.0 Å². The fourth-order valence-corrected chi connectivity index (χ4v) is 2.64. The smallest absolute Gasteiger partial charge is 0.204 e. The van der Waals surface area contributed by atoms with Gasteiger partial charge < -0.3 is 0 Å². The zero-order valence-electron chi connectivity index (χ0n) is 14.9. The molecule has 4 rings (SSSR count). The van der Waals surface area contributed by atoms with E-state index in [0.29, 0.717) is 5.56 Å². The third-order valence-corrected chi connectivity index (χ3v) is 4.17. The van der Waals surface area contributed by atoms with Crippen molar-refractivity contribution in [3.05, 3.63) is 70.5 Å². The first-order chi connectivity index (χ1) is 14.5. The lowest BCUT2D eigenvalue weighted by molar-refractivity contribution is 0.234. The summed E-state index contributed by atoms with van der Waals surface area (Å²) in [5.74, 6) is -0.821. The van der Waals surface area contributed by atoms with Crippen LogP contribution in [0.5, 0.6) is 0 Å². The number of nitrogens with one attached hydrogen (secondary N) is 1. The Morgan fingerprint density at radius 1 is 1.17 bits per heavy atom. The third kappa shape index (κ3) is 4.14. The second kappa shape index (κ2) is 8.31. The highest BCUT2D eigenvalue weighted by Crippen LogP contribution is 2.22. The zero-order valence-corrected chi connectivity index (χ0v) is 15.6. The van der Waals surface area contributed by atoms with Crippen LogP contribution < -0.4 is 5.48 Å². The number of benzene rings is 2. The minimum atomic E-state index is -0.605. The first-order valence-corrected chi connectivity index (χ1v) is 8.70. The molecule has 0 unspecified atom stereocenters. The highest BCUT2D eigenvalue weighted by atomic mass is 35.5. The highest BCUT2D eigenvalue weighted by molar-refractivity contribution is 6.31. The summed E-state index contributed by atoms with van der Waals surface area (Å²) in [5, 5.41) is 28.8. The van der Waals surface area contributed by atoms with Gasteiger partial charge in [0.1, 0.15) is 23.9 Å². The number of rotatable bonds is 5. The number of hydroxylamine groups is 1. The van der Waals surface area contributed by atoms with Crippen LogP contribution >= 0.6 is 11.6 Å². The molecule has 2 heterocycles. The van der Waals surface area contributed by atoms with Crippen LogP contribution in [0.15, 0.2) is 52.1 Å². The van der Waals surface area contributed by atoms with E-state index >= 15 is 0 Å². The second-order valence-corrected chi connectivity index (χ2v) is 6.29. The van der Waals surface area contributed by atoms with Gasteiger partial charge in [0.2, 0.25) is 5.82 Å². The van der Waals surface area contributed by atoms with Crippen LogP contribution in [0, 0.1) is 11.6 Å². The fraction of sp³-hybridized carbons (Fsp3) is 0.0588. The minimum absolute atomic E-state index is 0.0160. The fourth-order valence-electron chi connectivity index (χ4n) is 2.46. The second-order valence-electron chi connectivity index (χ2n) is 5.88. The van der Waals surface area contributed by atoms with Gasteiger partial charge in [-0.05, 0) is 52.8 Å². The Bertz CT molecular complexity index is 1210. The van der Waals surface area contributed by atoms with E-state index in [9.17, 15) is 14.0 Å². The normalized spacial score (nSPS) is 11.7. The van der Waals surface area contributed by atoms with E-state index in [-0.39, 0.29) is 46.1 Å². The van der Waals surface area contributed by atoms with Gasteiger partial charge in [0.05, 0.1) is 10.7 Å². The highest BCUT2D eigenvalue weighted by Gasteiger charge is 2.19. The van der Waals surface area contributed by atoms with Crippen LogP contribution in [0.1, 0.15) is 11.4 Å². The molecule has 0 aliphatic heterocycles. The SMILES string of the molecule is ONC(=Nc1ccc(F)c(Cl)c1)c1nonc1Cn1nnc(-c2ccc(F)cc2)n1. The summed E-state index contributed by atoms with van der Waals surface area (Å²) in [6.45, 7) is -0.0160. The van der Waals surface area contributed by atoms with Gasteiger partial charge in [0.15, 0.2) is 11.5 Å². The first-order valence-electron chi connectivity index (χ1n) is 8.33. The number of amidine groups is 1. The van der Waals surface area contributed by atoms with Crippen molar-refractivity contribution < 1.29 is 18.6 Å². The number of halogens is 3. The topological polar surface area (TPSA) is 127 Å². The molecule has 0 atom stereocenters. The minimum Gasteiger partial charge on any atom is -0.290 e. The van der Waals surface area contributed by atoms with Crippen LogP contribution in [0.25, 0.3) is 11.4 Å². The van der Waals surface area contributed by atoms with Gasteiger partial charge in [-0.25, -0.2) is 18.4 Å². The summed E-state index contributed by atoms with van der Waals surface area (Å²) >= 11 is 5.74. The van der Waals surface area contributed by atoms with Gasteiger partial charge >= 0.3 is 0 Å². The largest absolute Gasteiger partial charge is 0.290 e. The molecule has 0 fully saturated rings. The van der Waals surface area contributed by atoms with Gasteiger partial charge in [0, 0.05) is 5.56 Å². The molecule has 0 saturated carbocycles. The summed E-state index contributed by atoms with van der Waals surface area (Å²) in [6.07, 6.45) is 0. The molecule has 2 aromatic heterocycles. The van der Waals surface area contributed by atoms with E-state index in [4.69, 9.17) is 16.2 Å². The van der Waals surface area contributed by atoms with Crippen molar-refractivity contribution in [1.29, 1.82) is 0 Å². The molecule has 0 radical (unpaired) electrons. The molecule has 13 heteroatoms. The molecule has 0 aliphatic rings. The Kier molecular flexibility index (Phi) is 5.41. The Balaban J connectivity index is 1.59. The van der Waals surface area contributed by atoms with E-state index in [1.807, 2.05) is 5.48 Å². The Morgan fingerprint density at radius 2 is 1.97 bits per heavy atom. The van der Waals surface area contributed by atoms with Crippen LogP contribution in [0.2, 0.25) is 5.02 Å². The Morgan fingerprint density at radius 3 is 2.70 bits per heavy atom. The van der Waals surface area contributed by atoms with Crippen LogP contribution in [-0.4, -0.2) is 41.6 Å². The molecule has 2 aromatic carbocycles. The third-order valence-electron chi connectivity index (χ3n) is 3.88. The lowest BCUT2D eigenvalue weighted by Crippen LogP contribution is -2.23. The molecular weight excluding hydrogens is 422 g/mol. The zero-order chi connectivity index (χ0) is 21.1. The van der Waals surface area contributed by atoms with E-state index in [0.717, 1.165) is 6.07 Å². The van der Waals surface area contributed by atoms with Crippen molar-refractivity contribution in [2.75, 3.05) is 0 Å².